The summed E-state index contributed by atoms with van der Waals surface area (Å²) < 4.78 is 5.42. The molecule has 1 unspecified atom stereocenters. The summed E-state index contributed by atoms with van der Waals surface area (Å²) in [6, 6.07) is 14.0. The molecule has 3 N–H and O–H groups in total. The zero-order chi connectivity index (χ0) is 18.4. The van der Waals surface area contributed by atoms with Crippen molar-refractivity contribution < 1.29 is 14.3 Å². The lowest BCUT2D eigenvalue weighted by molar-refractivity contribution is 0.0939. The van der Waals surface area contributed by atoms with Gasteiger partial charge < -0.3 is 20.7 Å². The van der Waals surface area contributed by atoms with Crippen molar-refractivity contribution >= 4 is 11.8 Å². The van der Waals surface area contributed by atoms with Gasteiger partial charge in [-0.2, -0.15) is 0 Å². The maximum Gasteiger partial charge on any atom is 0.251 e. The highest BCUT2D eigenvalue weighted by molar-refractivity contribution is 5.97. The summed E-state index contributed by atoms with van der Waals surface area (Å²) in [5, 5.41) is 2.93. The first kappa shape index (κ1) is 18.5. The smallest absolute Gasteiger partial charge is 0.251 e. The lowest BCUT2D eigenvalue weighted by Gasteiger charge is -2.26. The topological polar surface area (TPSA) is 84.7 Å². The van der Waals surface area contributed by atoms with Crippen LogP contribution in [0.2, 0.25) is 0 Å². The fraction of sp³-hybridized carbons (Fsp3) is 0.263. The highest BCUT2D eigenvalue weighted by Gasteiger charge is 2.19. The molecule has 2 aromatic carbocycles. The largest absolute Gasteiger partial charge is 0.496 e. The molecule has 0 saturated carbocycles. The molecule has 0 saturated heterocycles. The first-order valence-corrected chi connectivity index (χ1v) is 7.91. The lowest BCUT2D eigenvalue weighted by Crippen LogP contribution is -2.34. The van der Waals surface area contributed by atoms with Crippen molar-refractivity contribution in [2.45, 2.75) is 6.04 Å². The van der Waals surface area contributed by atoms with E-state index in [1.54, 1.807) is 31.4 Å². The number of carbonyl (C=O) groups excluding carboxylic acids is 2. The minimum Gasteiger partial charge on any atom is -0.496 e. The van der Waals surface area contributed by atoms with Gasteiger partial charge in [-0.25, -0.2) is 0 Å². The number of carbonyl (C=O) groups is 2. The molecule has 0 radical (unpaired) electrons. The van der Waals surface area contributed by atoms with E-state index in [9.17, 15) is 9.59 Å². The van der Waals surface area contributed by atoms with Crippen LogP contribution in [0.3, 0.4) is 0 Å². The summed E-state index contributed by atoms with van der Waals surface area (Å²) in [6.45, 7) is 0.420. The third-order valence-electron chi connectivity index (χ3n) is 4.01. The number of hydrogen-bond acceptors (Lipinski definition) is 4. The van der Waals surface area contributed by atoms with E-state index in [4.69, 9.17) is 10.5 Å². The van der Waals surface area contributed by atoms with Crippen molar-refractivity contribution in [1.29, 1.82) is 0 Å². The van der Waals surface area contributed by atoms with Crippen LogP contribution in [0.25, 0.3) is 0 Å². The Bertz CT molecular complexity index is 742. The van der Waals surface area contributed by atoms with Crippen LogP contribution in [-0.2, 0) is 0 Å². The standard InChI is InChI=1S/C19H23N3O3/c1-22(2)16(15-6-4-5-7-17(15)25-3)12-21-19(24)14-10-8-13(9-11-14)18(20)23/h4-11,16H,12H2,1-3H3,(H2,20,23)(H,21,24). The van der Waals surface area contributed by atoms with E-state index in [2.05, 4.69) is 5.32 Å². The van der Waals surface area contributed by atoms with Gasteiger partial charge in [-0.1, -0.05) is 18.2 Å². The molecule has 6 heteroatoms. The summed E-state index contributed by atoms with van der Waals surface area (Å²) >= 11 is 0. The summed E-state index contributed by atoms with van der Waals surface area (Å²) in [4.78, 5) is 25.5. The number of benzene rings is 2. The summed E-state index contributed by atoms with van der Waals surface area (Å²) in [5.74, 6) is 0.0508. The van der Waals surface area contributed by atoms with E-state index in [-0.39, 0.29) is 11.9 Å². The number of ether oxygens (including phenoxy) is 1. The van der Waals surface area contributed by atoms with Gasteiger partial charge in [-0.15, -0.1) is 0 Å². The van der Waals surface area contributed by atoms with Crippen LogP contribution in [0.4, 0.5) is 0 Å². The Hall–Kier alpha value is -2.86. The zero-order valence-electron chi connectivity index (χ0n) is 14.7. The number of nitrogens with two attached hydrogens (primary N) is 1. The molecule has 0 heterocycles. The number of hydrogen-bond donors (Lipinski definition) is 2. The summed E-state index contributed by atoms with van der Waals surface area (Å²) in [5.41, 5.74) is 7.05. The molecule has 0 aliphatic carbocycles. The molecular weight excluding hydrogens is 318 g/mol. The number of rotatable bonds is 7. The predicted molar refractivity (Wildman–Crippen MR) is 96.7 cm³/mol. The number of amides is 2. The van der Waals surface area contributed by atoms with Gasteiger partial charge in [0.05, 0.1) is 13.2 Å². The molecule has 0 fully saturated rings. The van der Waals surface area contributed by atoms with Crippen molar-refractivity contribution in [3.05, 3.63) is 65.2 Å². The number of likely N-dealkylation sites (N-methyl/N-ethyl adjacent to an activating group) is 1. The van der Waals surface area contributed by atoms with Crippen LogP contribution in [0.5, 0.6) is 5.75 Å². The first-order chi connectivity index (χ1) is 11.9. The van der Waals surface area contributed by atoms with Crippen LogP contribution in [0.15, 0.2) is 48.5 Å². The molecule has 6 nitrogen and oxygen atoms in total. The molecule has 2 aromatic rings. The van der Waals surface area contributed by atoms with Gasteiger partial charge in [0.2, 0.25) is 5.91 Å². The van der Waals surface area contributed by atoms with Crippen molar-refractivity contribution in [3.8, 4) is 5.75 Å². The van der Waals surface area contributed by atoms with Crippen LogP contribution < -0.4 is 15.8 Å². The fourth-order valence-corrected chi connectivity index (χ4v) is 2.59. The van der Waals surface area contributed by atoms with E-state index in [1.165, 1.54) is 0 Å². The molecule has 0 aliphatic rings. The van der Waals surface area contributed by atoms with E-state index in [0.29, 0.717) is 17.7 Å². The van der Waals surface area contributed by atoms with Gasteiger partial charge in [-0.05, 0) is 44.4 Å². The molecule has 0 spiro atoms. The number of primary amides is 1. The monoisotopic (exact) mass is 341 g/mol. The van der Waals surface area contributed by atoms with Gasteiger partial charge in [0.1, 0.15) is 5.75 Å². The van der Waals surface area contributed by atoms with Gasteiger partial charge in [-0.3, -0.25) is 9.59 Å². The second kappa shape index (κ2) is 8.30. The molecule has 0 aromatic heterocycles. The fourth-order valence-electron chi connectivity index (χ4n) is 2.59. The Morgan fingerprint density at radius 1 is 1.08 bits per heavy atom. The van der Waals surface area contributed by atoms with Gasteiger partial charge >= 0.3 is 0 Å². The van der Waals surface area contributed by atoms with E-state index in [1.807, 2.05) is 43.3 Å². The average molecular weight is 341 g/mol. The zero-order valence-corrected chi connectivity index (χ0v) is 14.7. The third kappa shape index (κ3) is 4.58. The highest BCUT2D eigenvalue weighted by atomic mass is 16.5. The van der Waals surface area contributed by atoms with Crippen LogP contribution in [0.1, 0.15) is 32.3 Å². The Kier molecular flexibility index (Phi) is 6.14. The van der Waals surface area contributed by atoms with Crippen molar-refractivity contribution in [2.75, 3.05) is 27.7 Å². The van der Waals surface area contributed by atoms with E-state index >= 15 is 0 Å². The minimum absolute atomic E-state index is 0.0370. The van der Waals surface area contributed by atoms with Crippen LogP contribution in [0, 0.1) is 0 Å². The van der Waals surface area contributed by atoms with Gasteiger partial charge in [0, 0.05) is 23.2 Å². The lowest BCUT2D eigenvalue weighted by atomic mass is 10.0. The highest BCUT2D eigenvalue weighted by Crippen LogP contribution is 2.27. The number of para-hydroxylation sites is 1. The van der Waals surface area contributed by atoms with E-state index in [0.717, 1.165) is 11.3 Å². The molecular formula is C19H23N3O3. The van der Waals surface area contributed by atoms with Crippen LogP contribution >= 0.6 is 0 Å². The molecule has 1 atom stereocenters. The Balaban J connectivity index is 2.10. The summed E-state index contributed by atoms with van der Waals surface area (Å²) in [7, 11) is 5.53. The van der Waals surface area contributed by atoms with Crippen molar-refractivity contribution in [2.24, 2.45) is 5.73 Å². The Morgan fingerprint density at radius 2 is 1.68 bits per heavy atom. The SMILES string of the molecule is COc1ccccc1C(CNC(=O)c1ccc(C(N)=O)cc1)N(C)C. The molecule has 25 heavy (non-hydrogen) atoms. The number of nitrogens with zero attached hydrogens (tertiary/aromatic N) is 1. The van der Waals surface area contributed by atoms with E-state index < -0.39 is 5.91 Å². The molecule has 0 aliphatic heterocycles. The Labute approximate surface area is 147 Å². The van der Waals surface area contributed by atoms with Crippen LogP contribution in [-0.4, -0.2) is 44.5 Å². The molecule has 132 valence electrons. The normalized spacial score (nSPS) is 11.8. The number of methoxy groups -OCH3 is 1. The Morgan fingerprint density at radius 3 is 2.24 bits per heavy atom. The quantitative estimate of drug-likeness (QED) is 0.805. The maximum absolute atomic E-state index is 12.4. The van der Waals surface area contributed by atoms with Crippen molar-refractivity contribution in [3.63, 3.8) is 0 Å². The first-order valence-electron chi connectivity index (χ1n) is 7.91. The second-order valence-corrected chi connectivity index (χ2v) is 5.87. The van der Waals surface area contributed by atoms with Crippen molar-refractivity contribution in [1.82, 2.24) is 10.2 Å². The number of nitrogens with one attached hydrogen (secondary N) is 1. The molecule has 2 rings (SSSR count). The average Bonchev–Trinajstić information content (AvgIpc) is 2.61. The predicted octanol–water partition coefficient (Wildman–Crippen LogP) is 1.83. The second-order valence-electron chi connectivity index (χ2n) is 5.87. The van der Waals surface area contributed by atoms with Gasteiger partial charge in [0.25, 0.3) is 5.91 Å². The molecule has 0 bridgehead atoms. The van der Waals surface area contributed by atoms with Gasteiger partial charge in [0.15, 0.2) is 0 Å². The minimum atomic E-state index is -0.518. The summed E-state index contributed by atoms with van der Waals surface area (Å²) in [6.07, 6.45) is 0. The maximum atomic E-state index is 12.4. The molecule has 2 amide bonds. The third-order valence-corrected chi connectivity index (χ3v) is 4.01.